The van der Waals surface area contributed by atoms with E-state index in [0.29, 0.717) is 18.9 Å². The smallest absolute Gasteiger partial charge is 0.306 e. The summed E-state index contributed by atoms with van der Waals surface area (Å²) in [6.45, 7) is 13.7. The van der Waals surface area contributed by atoms with Crippen LogP contribution in [0.4, 0.5) is 0 Å². The first-order valence-electron chi connectivity index (χ1n) is 8.02. The first kappa shape index (κ1) is 22.5. The molecule has 0 amide bonds. The lowest BCUT2D eigenvalue weighted by atomic mass is 10.1. The highest BCUT2D eigenvalue weighted by Gasteiger charge is 2.05. The van der Waals surface area contributed by atoms with Gasteiger partial charge in [0.25, 0.3) is 0 Å². The van der Waals surface area contributed by atoms with Crippen LogP contribution in [0.25, 0.3) is 0 Å². The van der Waals surface area contributed by atoms with Gasteiger partial charge in [0.05, 0.1) is 5.76 Å². The Morgan fingerprint density at radius 3 is 2.14 bits per heavy atom. The summed E-state index contributed by atoms with van der Waals surface area (Å²) in [5.74, 6) is 0.527. The summed E-state index contributed by atoms with van der Waals surface area (Å²) < 4.78 is 5.10. The highest BCUT2D eigenvalue weighted by atomic mass is 16.5. The van der Waals surface area contributed by atoms with Crippen molar-refractivity contribution in [3.63, 3.8) is 0 Å². The van der Waals surface area contributed by atoms with Crippen molar-refractivity contribution >= 4 is 5.97 Å². The molecule has 126 valence electrons. The number of ether oxygens (including phenoxy) is 1. The molecule has 0 aliphatic heterocycles. The second kappa shape index (κ2) is 15.6. The molecule has 0 atom stereocenters. The lowest BCUT2D eigenvalue weighted by Gasteiger charge is -2.06. The number of benzene rings is 1. The van der Waals surface area contributed by atoms with Gasteiger partial charge in [0, 0.05) is 12.8 Å². The Labute approximate surface area is 136 Å². The summed E-state index contributed by atoms with van der Waals surface area (Å²) in [6, 6.07) is 9.71. The Morgan fingerprint density at radius 1 is 1.23 bits per heavy atom. The number of aliphatic hydroxyl groups excluding tert-OH is 1. The van der Waals surface area contributed by atoms with Crippen LogP contribution in [0.15, 0.2) is 42.7 Å². The highest BCUT2D eigenvalue weighted by Crippen LogP contribution is 2.05. The third kappa shape index (κ3) is 16.3. The van der Waals surface area contributed by atoms with Crippen molar-refractivity contribution in [2.75, 3.05) is 0 Å². The van der Waals surface area contributed by atoms with Gasteiger partial charge in [-0.05, 0) is 17.9 Å². The van der Waals surface area contributed by atoms with Crippen LogP contribution >= 0.6 is 0 Å². The molecule has 1 aromatic carbocycles. The molecular weight excluding hydrogens is 276 g/mol. The predicted octanol–water partition coefficient (Wildman–Crippen LogP) is 5.66. The number of aliphatic hydroxyl groups is 1. The zero-order chi connectivity index (χ0) is 17.4. The minimum Gasteiger partial charge on any atom is -0.513 e. The predicted molar refractivity (Wildman–Crippen MR) is 93.7 cm³/mol. The molecule has 0 saturated heterocycles. The molecule has 3 nitrogen and oxygen atoms in total. The van der Waals surface area contributed by atoms with E-state index in [1.165, 1.54) is 0 Å². The largest absolute Gasteiger partial charge is 0.513 e. The SMILES string of the molecule is C=C(O)CCC.CC.CC(C)CC(=O)OCc1ccccc1. The number of carbonyl (C=O) groups excluding carboxylic acids is 1. The van der Waals surface area contributed by atoms with Crippen LogP contribution in [-0.2, 0) is 16.1 Å². The van der Waals surface area contributed by atoms with E-state index in [9.17, 15) is 4.79 Å². The number of carbonyl (C=O) groups is 1. The lowest BCUT2D eigenvalue weighted by Crippen LogP contribution is -2.07. The van der Waals surface area contributed by atoms with Gasteiger partial charge >= 0.3 is 5.97 Å². The average Bonchev–Trinajstić information content (AvgIpc) is 2.48. The van der Waals surface area contributed by atoms with E-state index in [1.807, 2.05) is 65.0 Å². The third-order valence-electron chi connectivity index (χ3n) is 2.36. The lowest BCUT2D eigenvalue weighted by molar-refractivity contribution is -0.145. The van der Waals surface area contributed by atoms with E-state index in [-0.39, 0.29) is 11.7 Å². The maximum absolute atomic E-state index is 11.2. The fourth-order valence-corrected chi connectivity index (χ4v) is 1.42. The van der Waals surface area contributed by atoms with Gasteiger partial charge in [0.1, 0.15) is 6.61 Å². The van der Waals surface area contributed by atoms with Crippen molar-refractivity contribution in [3.05, 3.63) is 48.2 Å². The molecule has 0 aliphatic rings. The quantitative estimate of drug-likeness (QED) is 0.545. The van der Waals surface area contributed by atoms with E-state index in [0.717, 1.165) is 18.4 Å². The van der Waals surface area contributed by atoms with Crippen molar-refractivity contribution in [2.45, 2.75) is 60.5 Å². The number of allylic oxidation sites excluding steroid dienone is 1. The molecule has 0 fully saturated rings. The monoisotopic (exact) mass is 308 g/mol. The second-order valence-electron chi connectivity index (χ2n) is 5.06. The van der Waals surface area contributed by atoms with Gasteiger partial charge in [-0.3, -0.25) is 4.79 Å². The molecule has 0 spiro atoms. The van der Waals surface area contributed by atoms with Gasteiger partial charge in [-0.25, -0.2) is 0 Å². The summed E-state index contributed by atoms with van der Waals surface area (Å²) in [5.41, 5.74) is 1.03. The minimum atomic E-state index is -0.121. The molecule has 0 aliphatic carbocycles. The molecule has 0 saturated carbocycles. The first-order chi connectivity index (χ1) is 10.5. The van der Waals surface area contributed by atoms with Gasteiger partial charge in [-0.1, -0.05) is 71.5 Å². The molecule has 1 aromatic rings. The van der Waals surface area contributed by atoms with Crippen LogP contribution in [0.2, 0.25) is 0 Å². The van der Waals surface area contributed by atoms with Crippen LogP contribution < -0.4 is 0 Å². The Morgan fingerprint density at radius 2 is 1.77 bits per heavy atom. The van der Waals surface area contributed by atoms with Crippen LogP contribution in [0.1, 0.15) is 59.4 Å². The molecule has 0 heterocycles. The van der Waals surface area contributed by atoms with E-state index in [4.69, 9.17) is 9.84 Å². The topological polar surface area (TPSA) is 46.5 Å². The molecule has 1 N–H and O–H groups in total. The Hall–Kier alpha value is -1.77. The van der Waals surface area contributed by atoms with Crippen molar-refractivity contribution in [1.82, 2.24) is 0 Å². The number of rotatable bonds is 6. The average molecular weight is 308 g/mol. The first-order valence-corrected chi connectivity index (χ1v) is 8.02. The summed E-state index contributed by atoms with van der Waals surface area (Å²) >= 11 is 0. The fraction of sp³-hybridized carbons (Fsp3) is 0.526. The number of hydrogen-bond donors (Lipinski definition) is 1. The third-order valence-corrected chi connectivity index (χ3v) is 2.36. The normalized spacial score (nSPS) is 9.00. The Kier molecular flexibility index (Phi) is 16.0. The summed E-state index contributed by atoms with van der Waals surface area (Å²) in [6.07, 6.45) is 2.21. The van der Waals surface area contributed by atoms with Crippen molar-refractivity contribution < 1.29 is 14.6 Å². The summed E-state index contributed by atoms with van der Waals surface area (Å²) in [4.78, 5) is 11.2. The minimum absolute atomic E-state index is 0.121. The van der Waals surface area contributed by atoms with E-state index in [1.54, 1.807) is 0 Å². The van der Waals surface area contributed by atoms with Crippen LogP contribution in [0.5, 0.6) is 0 Å². The van der Waals surface area contributed by atoms with Crippen LogP contribution in [0, 0.1) is 5.92 Å². The Bertz CT molecular complexity index is 383. The molecule has 0 radical (unpaired) electrons. The molecular formula is C19H32O3. The maximum atomic E-state index is 11.2. The van der Waals surface area contributed by atoms with Gasteiger partial charge < -0.3 is 9.84 Å². The van der Waals surface area contributed by atoms with Gasteiger partial charge in [0.15, 0.2) is 0 Å². The molecule has 3 heteroatoms. The fourth-order valence-electron chi connectivity index (χ4n) is 1.42. The number of esters is 1. The van der Waals surface area contributed by atoms with Crippen molar-refractivity contribution in [3.8, 4) is 0 Å². The maximum Gasteiger partial charge on any atom is 0.306 e. The zero-order valence-electron chi connectivity index (χ0n) is 14.8. The van der Waals surface area contributed by atoms with Gasteiger partial charge in [0.2, 0.25) is 0 Å². The standard InChI is InChI=1S/C12H16O2.C5H10O.C2H6/c1-10(2)8-12(13)14-9-11-6-4-3-5-7-11;1-3-4-5(2)6;1-2/h3-7,10H,8-9H2,1-2H3;6H,2-4H2,1H3;1-2H3. The molecule has 1 rings (SSSR count). The summed E-state index contributed by atoms with van der Waals surface area (Å²) in [5, 5.41) is 8.36. The van der Waals surface area contributed by atoms with Crippen LogP contribution in [-0.4, -0.2) is 11.1 Å². The molecule has 0 bridgehead atoms. The zero-order valence-corrected chi connectivity index (χ0v) is 14.8. The van der Waals surface area contributed by atoms with Crippen molar-refractivity contribution in [2.24, 2.45) is 5.92 Å². The van der Waals surface area contributed by atoms with E-state index >= 15 is 0 Å². The van der Waals surface area contributed by atoms with Gasteiger partial charge in [-0.2, -0.15) is 0 Å². The highest BCUT2D eigenvalue weighted by molar-refractivity contribution is 5.69. The molecule has 0 unspecified atom stereocenters. The van der Waals surface area contributed by atoms with Gasteiger partial charge in [-0.15, -0.1) is 0 Å². The Balaban J connectivity index is 0. The van der Waals surface area contributed by atoms with Crippen molar-refractivity contribution in [1.29, 1.82) is 0 Å². The number of hydrogen-bond acceptors (Lipinski definition) is 3. The molecule has 0 aromatic heterocycles. The van der Waals surface area contributed by atoms with E-state index < -0.39 is 0 Å². The second-order valence-corrected chi connectivity index (χ2v) is 5.06. The van der Waals surface area contributed by atoms with Crippen LogP contribution in [0.3, 0.4) is 0 Å². The molecule has 22 heavy (non-hydrogen) atoms. The summed E-state index contributed by atoms with van der Waals surface area (Å²) in [7, 11) is 0. The van der Waals surface area contributed by atoms with E-state index in [2.05, 4.69) is 6.58 Å².